The summed E-state index contributed by atoms with van der Waals surface area (Å²) in [5, 5.41) is 2.53. The maximum atomic E-state index is 11.6. The normalized spacial score (nSPS) is 12.7. The molecule has 1 aliphatic rings. The zero-order valence-corrected chi connectivity index (χ0v) is 11.9. The Morgan fingerprint density at radius 3 is 2.75 bits per heavy atom. The first-order chi connectivity index (χ1) is 9.56. The van der Waals surface area contributed by atoms with E-state index >= 15 is 0 Å². The summed E-state index contributed by atoms with van der Waals surface area (Å²) in [5.41, 5.74) is 2.68. The standard InChI is InChI=1S/C15H20N2O3/c1-17(2)15(19)9-16-14(18)10-20-13-7-6-11-4-3-5-12(11)8-13/h6-8H,3-5,9-10H2,1-2H3,(H,16,18). The third-order valence-corrected chi connectivity index (χ3v) is 3.38. The van der Waals surface area contributed by atoms with Crippen LogP contribution in [0.15, 0.2) is 18.2 Å². The average molecular weight is 276 g/mol. The molecular weight excluding hydrogens is 256 g/mol. The molecule has 0 radical (unpaired) electrons. The highest BCUT2D eigenvalue weighted by atomic mass is 16.5. The number of rotatable bonds is 5. The summed E-state index contributed by atoms with van der Waals surface area (Å²) in [7, 11) is 3.30. The van der Waals surface area contributed by atoms with Crippen molar-refractivity contribution in [2.24, 2.45) is 0 Å². The summed E-state index contributed by atoms with van der Waals surface area (Å²) in [4.78, 5) is 24.3. The Morgan fingerprint density at radius 1 is 1.25 bits per heavy atom. The van der Waals surface area contributed by atoms with Crippen molar-refractivity contribution >= 4 is 11.8 Å². The minimum absolute atomic E-state index is 0.000614. The number of nitrogens with one attached hydrogen (secondary N) is 1. The molecule has 0 aliphatic heterocycles. The van der Waals surface area contributed by atoms with E-state index in [9.17, 15) is 9.59 Å². The van der Waals surface area contributed by atoms with Gasteiger partial charge in [0.05, 0.1) is 6.54 Å². The van der Waals surface area contributed by atoms with Crippen molar-refractivity contribution in [3.05, 3.63) is 29.3 Å². The molecule has 0 saturated heterocycles. The largest absolute Gasteiger partial charge is 0.484 e. The van der Waals surface area contributed by atoms with Gasteiger partial charge in [-0.05, 0) is 42.5 Å². The van der Waals surface area contributed by atoms with Gasteiger partial charge in [-0.25, -0.2) is 0 Å². The van der Waals surface area contributed by atoms with Crippen LogP contribution in [0.2, 0.25) is 0 Å². The third-order valence-electron chi connectivity index (χ3n) is 3.38. The van der Waals surface area contributed by atoms with Crippen molar-refractivity contribution in [2.45, 2.75) is 19.3 Å². The number of carbonyl (C=O) groups excluding carboxylic acids is 2. The topological polar surface area (TPSA) is 58.6 Å². The number of nitrogens with zero attached hydrogens (tertiary/aromatic N) is 1. The lowest BCUT2D eigenvalue weighted by Crippen LogP contribution is -2.38. The van der Waals surface area contributed by atoms with E-state index in [1.807, 2.05) is 12.1 Å². The first-order valence-electron chi connectivity index (χ1n) is 6.77. The van der Waals surface area contributed by atoms with E-state index in [0.717, 1.165) is 12.8 Å². The number of amides is 2. The SMILES string of the molecule is CN(C)C(=O)CNC(=O)COc1ccc2c(c1)CCC2. The summed E-state index contributed by atoms with van der Waals surface area (Å²) in [6.45, 7) is -0.0706. The van der Waals surface area contributed by atoms with Crippen LogP contribution in [0.5, 0.6) is 5.75 Å². The van der Waals surface area contributed by atoms with Gasteiger partial charge in [-0.3, -0.25) is 9.59 Å². The van der Waals surface area contributed by atoms with Gasteiger partial charge in [-0.2, -0.15) is 0 Å². The number of likely N-dealkylation sites (N-methyl/N-ethyl adjacent to an activating group) is 1. The van der Waals surface area contributed by atoms with Crippen molar-refractivity contribution in [3.63, 3.8) is 0 Å². The van der Waals surface area contributed by atoms with Gasteiger partial charge in [0.1, 0.15) is 5.75 Å². The van der Waals surface area contributed by atoms with Gasteiger partial charge in [0.2, 0.25) is 5.91 Å². The minimum atomic E-state index is -0.291. The minimum Gasteiger partial charge on any atom is -0.484 e. The first kappa shape index (κ1) is 14.4. The summed E-state index contributed by atoms with van der Waals surface area (Å²) < 4.78 is 5.45. The zero-order valence-electron chi connectivity index (χ0n) is 11.9. The van der Waals surface area contributed by atoms with Crippen LogP contribution in [0.1, 0.15) is 17.5 Å². The Labute approximate surface area is 118 Å². The van der Waals surface area contributed by atoms with Crippen LogP contribution >= 0.6 is 0 Å². The molecule has 0 saturated carbocycles. The molecule has 0 bridgehead atoms. The molecule has 5 nitrogen and oxygen atoms in total. The van der Waals surface area contributed by atoms with E-state index in [-0.39, 0.29) is 25.0 Å². The lowest BCUT2D eigenvalue weighted by atomic mass is 10.1. The third kappa shape index (κ3) is 3.73. The van der Waals surface area contributed by atoms with E-state index in [1.54, 1.807) is 14.1 Å². The number of hydrogen-bond acceptors (Lipinski definition) is 3. The Morgan fingerprint density at radius 2 is 2.00 bits per heavy atom. The summed E-state index contributed by atoms with van der Waals surface area (Å²) in [5.74, 6) is 0.274. The highest BCUT2D eigenvalue weighted by molar-refractivity contribution is 5.85. The van der Waals surface area contributed by atoms with Crippen molar-refractivity contribution in [1.29, 1.82) is 0 Å². The van der Waals surface area contributed by atoms with Crippen molar-refractivity contribution in [3.8, 4) is 5.75 Å². The number of ether oxygens (including phenoxy) is 1. The molecule has 5 heteroatoms. The molecule has 0 fully saturated rings. The van der Waals surface area contributed by atoms with E-state index < -0.39 is 0 Å². The van der Waals surface area contributed by atoms with E-state index in [1.165, 1.54) is 22.4 Å². The molecule has 1 aromatic carbocycles. The molecule has 0 atom stereocenters. The molecule has 0 spiro atoms. The van der Waals surface area contributed by atoms with Gasteiger partial charge in [0.25, 0.3) is 5.91 Å². The molecular formula is C15H20N2O3. The first-order valence-corrected chi connectivity index (χ1v) is 6.77. The average Bonchev–Trinajstić information content (AvgIpc) is 2.89. The smallest absolute Gasteiger partial charge is 0.258 e. The van der Waals surface area contributed by atoms with Crippen LogP contribution in [-0.2, 0) is 22.4 Å². The van der Waals surface area contributed by atoms with Gasteiger partial charge in [-0.1, -0.05) is 6.07 Å². The Bertz CT molecular complexity index is 512. The monoisotopic (exact) mass is 276 g/mol. The second-order valence-electron chi connectivity index (χ2n) is 5.14. The molecule has 0 aromatic heterocycles. The predicted octanol–water partition coefficient (Wildman–Crippen LogP) is 0.759. The second-order valence-corrected chi connectivity index (χ2v) is 5.14. The number of carbonyl (C=O) groups is 2. The fraction of sp³-hybridized carbons (Fsp3) is 0.467. The van der Waals surface area contributed by atoms with Crippen LogP contribution in [-0.4, -0.2) is 44.0 Å². The van der Waals surface area contributed by atoms with Crippen LogP contribution in [0.4, 0.5) is 0 Å². The maximum Gasteiger partial charge on any atom is 0.258 e. The molecule has 20 heavy (non-hydrogen) atoms. The van der Waals surface area contributed by atoms with Gasteiger partial charge < -0.3 is 15.0 Å². The van der Waals surface area contributed by atoms with Crippen molar-refractivity contribution in [2.75, 3.05) is 27.2 Å². The van der Waals surface area contributed by atoms with Gasteiger partial charge >= 0.3 is 0 Å². The molecule has 1 aliphatic carbocycles. The lowest BCUT2D eigenvalue weighted by Gasteiger charge is -2.11. The summed E-state index contributed by atoms with van der Waals surface area (Å²) in [6, 6.07) is 5.95. The molecule has 0 unspecified atom stereocenters. The van der Waals surface area contributed by atoms with Crippen molar-refractivity contribution in [1.82, 2.24) is 10.2 Å². The van der Waals surface area contributed by atoms with Crippen molar-refractivity contribution < 1.29 is 14.3 Å². The summed E-state index contributed by atoms with van der Waals surface area (Å²) >= 11 is 0. The lowest BCUT2D eigenvalue weighted by molar-refractivity contribution is -0.131. The molecule has 2 rings (SSSR count). The number of aryl methyl sites for hydroxylation is 2. The van der Waals surface area contributed by atoms with E-state index in [0.29, 0.717) is 5.75 Å². The molecule has 0 heterocycles. The highest BCUT2D eigenvalue weighted by Gasteiger charge is 2.12. The number of hydrogen-bond donors (Lipinski definition) is 1. The number of fused-ring (bicyclic) bond motifs is 1. The molecule has 108 valence electrons. The van der Waals surface area contributed by atoms with Crippen LogP contribution in [0.25, 0.3) is 0 Å². The molecule has 2 amide bonds. The Balaban J connectivity index is 1.77. The fourth-order valence-electron chi connectivity index (χ4n) is 2.17. The van der Waals surface area contributed by atoms with Gasteiger partial charge in [-0.15, -0.1) is 0 Å². The molecule has 1 N–H and O–H groups in total. The quantitative estimate of drug-likeness (QED) is 0.863. The van der Waals surface area contributed by atoms with Gasteiger partial charge in [0.15, 0.2) is 6.61 Å². The second kappa shape index (κ2) is 6.41. The van der Waals surface area contributed by atoms with E-state index in [4.69, 9.17) is 4.74 Å². The number of benzene rings is 1. The van der Waals surface area contributed by atoms with Gasteiger partial charge in [0, 0.05) is 14.1 Å². The predicted molar refractivity (Wildman–Crippen MR) is 75.7 cm³/mol. The zero-order chi connectivity index (χ0) is 14.5. The molecule has 1 aromatic rings. The Hall–Kier alpha value is -2.04. The fourth-order valence-corrected chi connectivity index (χ4v) is 2.17. The Kier molecular flexibility index (Phi) is 4.61. The maximum absolute atomic E-state index is 11.6. The van der Waals surface area contributed by atoms with E-state index in [2.05, 4.69) is 11.4 Å². The highest BCUT2D eigenvalue weighted by Crippen LogP contribution is 2.25. The van der Waals surface area contributed by atoms with Crippen LogP contribution < -0.4 is 10.1 Å². The van der Waals surface area contributed by atoms with Crippen LogP contribution in [0.3, 0.4) is 0 Å². The summed E-state index contributed by atoms with van der Waals surface area (Å²) in [6.07, 6.45) is 3.39. The van der Waals surface area contributed by atoms with Crippen LogP contribution in [0, 0.1) is 0 Å².